The number of urea groups is 1. The number of nitrogens with two attached hydrogens (primary N) is 1. The second-order valence-electron chi connectivity index (χ2n) is 3.73. The first-order valence-corrected chi connectivity index (χ1v) is 6.84. The molecule has 3 amide bonds. The number of hydrogen-bond donors (Lipinski definition) is 3. The highest BCUT2D eigenvalue weighted by Gasteiger charge is 2.20. The lowest BCUT2D eigenvalue weighted by Gasteiger charge is -2.23. The van der Waals surface area contributed by atoms with Gasteiger partial charge in [-0.15, -0.1) is 0 Å². The van der Waals surface area contributed by atoms with Crippen molar-refractivity contribution in [2.45, 2.75) is 19.4 Å². The van der Waals surface area contributed by atoms with Crippen molar-refractivity contribution in [1.82, 2.24) is 10.2 Å². The predicted octanol–water partition coefficient (Wildman–Crippen LogP) is -0.290. The molecule has 8 heteroatoms. The normalized spacial score (nSPS) is 11.7. The summed E-state index contributed by atoms with van der Waals surface area (Å²) in [6.07, 6.45) is 2.64. The van der Waals surface area contributed by atoms with Crippen LogP contribution in [0.25, 0.3) is 0 Å². The van der Waals surface area contributed by atoms with Gasteiger partial charge in [-0.05, 0) is 12.7 Å². The minimum Gasteiger partial charge on any atom is -0.480 e. The molecule has 0 aliphatic heterocycles. The van der Waals surface area contributed by atoms with Gasteiger partial charge in [0.1, 0.15) is 13.1 Å². The molecule has 0 aromatic rings. The van der Waals surface area contributed by atoms with E-state index in [0.29, 0.717) is 0 Å². The number of carbonyl (C=O) groups is 3. The number of nitrogens with one attached hydrogen (secondary N) is 1. The van der Waals surface area contributed by atoms with Gasteiger partial charge in [0.05, 0.1) is 0 Å². The van der Waals surface area contributed by atoms with Crippen LogP contribution in [0.5, 0.6) is 0 Å². The fraction of sp³-hybridized carbons (Fsp3) is 0.700. The summed E-state index contributed by atoms with van der Waals surface area (Å²) >= 11 is 1.57. The lowest BCUT2D eigenvalue weighted by atomic mass is 10.2. The number of carboxylic acid groups (broad SMARTS) is 1. The van der Waals surface area contributed by atoms with E-state index in [0.717, 1.165) is 17.1 Å². The Bertz CT molecular complexity index is 295. The minimum atomic E-state index is -1.19. The number of carbonyl (C=O) groups excluding carboxylic acids is 2. The number of hydrogen-bond acceptors (Lipinski definition) is 4. The summed E-state index contributed by atoms with van der Waals surface area (Å²) in [6.45, 7) is 0.953. The van der Waals surface area contributed by atoms with Crippen molar-refractivity contribution in [3.05, 3.63) is 0 Å². The topological polar surface area (TPSA) is 113 Å². The van der Waals surface area contributed by atoms with Crippen molar-refractivity contribution in [3.63, 3.8) is 0 Å². The second-order valence-corrected chi connectivity index (χ2v) is 4.64. The number of thioether (sulfide) groups is 1. The summed E-state index contributed by atoms with van der Waals surface area (Å²) in [6, 6.07) is -0.645. The van der Waals surface area contributed by atoms with E-state index in [4.69, 9.17) is 10.8 Å². The smallest absolute Gasteiger partial charge is 0.323 e. The molecule has 0 aromatic heterocycles. The van der Waals surface area contributed by atoms with E-state index in [9.17, 15) is 14.4 Å². The maximum Gasteiger partial charge on any atom is 0.323 e. The maximum absolute atomic E-state index is 11.8. The van der Waals surface area contributed by atoms with Gasteiger partial charge in [0.2, 0.25) is 5.91 Å². The van der Waals surface area contributed by atoms with Gasteiger partial charge in [-0.1, -0.05) is 6.92 Å². The lowest BCUT2D eigenvalue weighted by Crippen LogP contribution is -2.50. The van der Waals surface area contributed by atoms with E-state index in [1.807, 2.05) is 13.2 Å². The van der Waals surface area contributed by atoms with Crippen LogP contribution in [0.1, 0.15) is 13.3 Å². The molecule has 0 radical (unpaired) electrons. The Morgan fingerprint density at radius 2 is 2.00 bits per heavy atom. The fourth-order valence-electron chi connectivity index (χ4n) is 1.28. The molecule has 0 rings (SSSR count). The summed E-state index contributed by atoms with van der Waals surface area (Å²) in [5.74, 6) is -1.21. The number of primary amides is 1. The molecule has 0 saturated heterocycles. The molecule has 18 heavy (non-hydrogen) atoms. The predicted molar refractivity (Wildman–Crippen MR) is 69.4 cm³/mol. The highest BCUT2D eigenvalue weighted by atomic mass is 32.2. The van der Waals surface area contributed by atoms with Crippen molar-refractivity contribution in [2.75, 3.05) is 25.1 Å². The molecule has 0 heterocycles. The molecule has 1 unspecified atom stereocenters. The van der Waals surface area contributed by atoms with Crippen LogP contribution in [0.2, 0.25) is 0 Å². The molecule has 0 spiro atoms. The van der Waals surface area contributed by atoms with Crippen molar-refractivity contribution in [2.24, 2.45) is 5.73 Å². The fourth-order valence-corrected chi connectivity index (χ4v) is 2.00. The highest BCUT2D eigenvalue weighted by molar-refractivity contribution is 7.98. The van der Waals surface area contributed by atoms with Crippen LogP contribution >= 0.6 is 11.8 Å². The van der Waals surface area contributed by atoms with Crippen LogP contribution in [0, 0.1) is 0 Å². The highest BCUT2D eigenvalue weighted by Crippen LogP contribution is 2.02. The average molecular weight is 277 g/mol. The molecule has 4 N–H and O–H groups in total. The summed E-state index contributed by atoms with van der Waals surface area (Å²) in [5.41, 5.74) is 4.97. The van der Waals surface area contributed by atoms with E-state index < -0.39 is 31.0 Å². The first-order valence-electron chi connectivity index (χ1n) is 5.45. The first kappa shape index (κ1) is 16.6. The molecular formula is C10H19N3O4S. The van der Waals surface area contributed by atoms with Crippen LogP contribution < -0.4 is 11.1 Å². The summed E-state index contributed by atoms with van der Waals surface area (Å²) < 4.78 is 0. The van der Waals surface area contributed by atoms with E-state index >= 15 is 0 Å². The third-order valence-corrected chi connectivity index (χ3v) is 2.88. The number of nitrogens with zero attached hydrogens (tertiary/aromatic N) is 1. The molecule has 0 aromatic carbocycles. The first-order chi connectivity index (χ1) is 8.40. The molecule has 7 nitrogen and oxygen atoms in total. The van der Waals surface area contributed by atoms with Gasteiger partial charge < -0.3 is 21.1 Å². The third-order valence-electron chi connectivity index (χ3n) is 2.15. The average Bonchev–Trinajstić information content (AvgIpc) is 2.26. The van der Waals surface area contributed by atoms with E-state index in [1.165, 1.54) is 0 Å². The Balaban J connectivity index is 4.52. The number of aliphatic carboxylic acids is 1. The summed E-state index contributed by atoms with van der Waals surface area (Å²) in [5, 5.41) is 11.3. The molecule has 1 atom stereocenters. The van der Waals surface area contributed by atoms with Gasteiger partial charge in [0.15, 0.2) is 0 Å². The van der Waals surface area contributed by atoms with Gasteiger partial charge in [-0.25, -0.2) is 4.79 Å². The Hall–Kier alpha value is -1.44. The molecule has 0 fully saturated rings. The maximum atomic E-state index is 11.8. The Morgan fingerprint density at radius 3 is 2.39 bits per heavy atom. The second kappa shape index (κ2) is 8.62. The summed E-state index contributed by atoms with van der Waals surface area (Å²) in [4.78, 5) is 34.1. The quantitative estimate of drug-likeness (QED) is 0.564. The molecule has 104 valence electrons. The van der Waals surface area contributed by atoms with Crippen LogP contribution in [-0.2, 0) is 9.59 Å². The van der Waals surface area contributed by atoms with Crippen molar-refractivity contribution >= 4 is 29.7 Å². The molecule has 0 aliphatic carbocycles. The molecule has 0 aliphatic rings. The third kappa shape index (κ3) is 7.00. The zero-order valence-electron chi connectivity index (χ0n) is 10.5. The van der Waals surface area contributed by atoms with Gasteiger partial charge in [-0.3, -0.25) is 9.59 Å². The van der Waals surface area contributed by atoms with Gasteiger partial charge in [0.25, 0.3) is 0 Å². The molecule has 0 bridgehead atoms. The molecule has 0 saturated carbocycles. The van der Waals surface area contributed by atoms with Crippen molar-refractivity contribution < 1.29 is 19.5 Å². The lowest BCUT2D eigenvalue weighted by molar-refractivity contribution is -0.137. The zero-order chi connectivity index (χ0) is 14.1. The van der Waals surface area contributed by atoms with Gasteiger partial charge in [-0.2, -0.15) is 11.8 Å². The van der Waals surface area contributed by atoms with Crippen LogP contribution in [0.15, 0.2) is 0 Å². The SMILES string of the molecule is CCC(CSC)NC(=O)N(CC(N)=O)CC(=O)O. The standard InChI is InChI=1S/C10H19N3O4S/c1-3-7(6-18-2)12-10(17)13(4-8(11)14)5-9(15)16/h7H,3-6H2,1-2H3,(H2,11,14)(H,12,17)(H,15,16). The summed E-state index contributed by atoms with van der Waals surface area (Å²) in [7, 11) is 0. The van der Waals surface area contributed by atoms with Crippen LogP contribution in [-0.4, -0.2) is 59.1 Å². The Kier molecular flexibility index (Phi) is 7.93. The molecular weight excluding hydrogens is 258 g/mol. The number of carboxylic acids is 1. The van der Waals surface area contributed by atoms with Crippen molar-refractivity contribution in [1.29, 1.82) is 0 Å². The van der Waals surface area contributed by atoms with E-state index in [-0.39, 0.29) is 6.04 Å². The largest absolute Gasteiger partial charge is 0.480 e. The van der Waals surface area contributed by atoms with Crippen LogP contribution in [0.3, 0.4) is 0 Å². The van der Waals surface area contributed by atoms with Crippen LogP contribution in [0.4, 0.5) is 4.79 Å². The number of amides is 3. The number of rotatable bonds is 8. The van der Waals surface area contributed by atoms with Gasteiger partial charge >= 0.3 is 12.0 Å². The van der Waals surface area contributed by atoms with Crippen molar-refractivity contribution in [3.8, 4) is 0 Å². The van der Waals surface area contributed by atoms with Gasteiger partial charge in [0, 0.05) is 11.8 Å². The Labute approximate surface area is 110 Å². The Morgan fingerprint density at radius 1 is 1.39 bits per heavy atom. The van der Waals surface area contributed by atoms with E-state index in [2.05, 4.69) is 5.32 Å². The van der Waals surface area contributed by atoms with E-state index in [1.54, 1.807) is 11.8 Å². The zero-order valence-corrected chi connectivity index (χ0v) is 11.3. The minimum absolute atomic E-state index is 0.0586. The monoisotopic (exact) mass is 277 g/mol.